The molecule has 1 aliphatic rings. The van der Waals surface area contributed by atoms with Crippen molar-refractivity contribution in [2.75, 3.05) is 18.8 Å². The molecule has 0 unspecified atom stereocenters. The molecule has 2 heteroatoms. The summed E-state index contributed by atoms with van der Waals surface area (Å²) in [7, 11) is 0. The molecule has 14 heavy (non-hydrogen) atoms. The van der Waals surface area contributed by atoms with Crippen LogP contribution in [-0.4, -0.2) is 18.0 Å². The van der Waals surface area contributed by atoms with Crippen molar-refractivity contribution in [3.63, 3.8) is 0 Å². The number of hydrogen-bond donors (Lipinski definition) is 1. The average Bonchev–Trinajstić information content (AvgIpc) is 2.13. The molecule has 0 aliphatic carbocycles. The highest BCUT2D eigenvalue weighted by Gasteiger charge is 2.24. The zero-order chi connectivity index (χ0) is 9.97. The van der Waals surface area contributed by atoms with Crippen LogP contribution in [0.4, 0.5) is 5.69 Å². The number of nitrogens with zero attached hydrogens (tertiary/aromatic N) is 1. The molecule has 2 rings (SSSR count). The normalized spacial score (nSPS) is 18.1. The van der Waals surface area contributed by atoms with Crippen LogP contribution in [0.5, 0.6) is 0 Å². The highest BCUT2D eigenvalue weighted by molar-refractivity contribution is 5.46. The van der Waals surface area contributed by atoms with Crippen LogP contribution in [0.3, 0.4) is 0 Å². The molecule has 0 amide bonds. The molecule has 0 aromatic heterocycles. The first-order chi connectivity index (χ1) is 6.79. The van der Waals surface area contributed by atoms with Gasteiger partial charge in [-0.3, -0.25) is 4.90 Å². The van der Waals surface area contributed by atoms with Crippen LogP contribution in [0.1, 0.15) is 18.9 Å². The largest absolute Gasteiger partial charge is 0.398 e. The van der Waals surface area contributed by atoms with Crippen molar-refractivity contribution in [1.82, 2.24) is 4.90 Å². The maximum atomic E-state index is 5.89. The predicted octanol–water partition coefficient (Wildman–Crippen LogP) is 2.11. The number of nitrogens with two attached hydrogens (primary N) is 1. The van der Waals surface area contributed by atoms with Gasteiger partial charge in [0.1, 0.15) is 0 Å². The minimum Gasteiger partial charge on any atom is -0.398 e. The van der Waals surface area contributed by atoms with Crippen molar-refractivity contribution in [2.45, 2.75) is 19.9 Å². The Bertz CT molecular complexity index is 303. The summed E-state index contributed by atoms with van der Waals surface area (Å²) >= 11 is 0. The van der Waals surface area contributed by atoms with Gasteiger partial charge in [-0.1, -0.05) is 31.5 Å². The lowest BCUT2D eigenvalue weighted by molar-refractivity contribution is 0.0901. The van der Waals surface area contributed by atoms with Crippen molar-refractivity contribution in [1.29, 1.82) is 0 Å². The van der Waals surface area contributed by atoms with Crippen molar-refractivity contribution in [3.8, 4) is 0 Å². The van der Waals surface area contributed by atoms with Crippen molar-refractivity contribution >= 4 is 5.69 Å². The van der Waals surface area contributed by atoms with E-state index in [1.807, 2.05) is 12.1 Å². The quantitative estimate of drug-likeness (QED) is 0.740. The molecule has 0 saturated carbocycles. The fraction of sp³-hybridized carbons (Fsp3) is 0.500. The van der Waals surface area contributed by atoms with Gasteiger partial charge >= 0.3 is 0 Å². The summed E-state index contributed by atoms with van der Waals surface area (Å²) in [5.41, 5.74) is 8.08. The third-order valence-corrected chi connectivity index (χ3v) is 3.06. The van der Waals surface area contributed by atoms with Crippen LogP contribution in [-0.2, 0) is 6.54 Å². The number of rotatable bonds is 3. The van der Waals surface area contributed by atoms with Gasteiger partial charge in [0.15, 0.2) is 0 Å². The topological polar surface area (TPSA) is 29.3 Å². The van der Waals surface area contributed by atoms with E-state index in [0.717, 1.165) is 18.2 Å². The zero-order valence-electron chi connectivity index (χ0n) is 8.74. The molecule has 0 atom stereocenters. The number of anilines is 1. The summed E-state index contributed by atoms with van der Waals surface area (Å²) in [5.74, 6) is 0.917. The second-order valence-electron chi connectivity index (χ2n) is 4.17. The van der Waals surface area contributed by atoms with Gasteiger partial charge in [-0.2, -0.15) is 0 Å². The first-order valence-electron chi connectivity index (χ1n) is 5.35. The van der Waals surface area contributed by atoms with Gasteiger partial charge in [-0.25, -0.2) is 0 Å². The molecule has 1 aliphatic heterocycles. The lowest BCUT2D eigenvalue weighted by atomic mass is 9.96. The lowest BCUT2D eigenvalue weighted by Gasteiger charge is -2.39. The van der Waals surface area contributed by atoms with Crippen LogP contribution in [0, 0.1) is 5.92 Å². The van der Waals surface area contributed by atoms with Crippen molar-refractivity contribution < 1.29 is 0 Å². The Morgan fingerprint density at radius 3 is 2.71 bits per heavy atom. The molecule has 0 spiro atoms. The maximum Gasteiger partial charge on any atom is 0.0359 e. The van der Waals surface area contributed by atoms with E-state index in [-0.39, 0.29) is 0 Å². The van der Waals surface area contributed by atoms with E-state index in [4.69, 9.17) is 5.73 Å². The molecule has 0 bridgehead atoms. The van der Waals surface area contributed by atoms with Gasteiger partial charge < -0.3 is 5.73 Å². The second kappa shape index (κ2) is 4.01. The molecule has 76 valence electrons. The van der Waals surface area contributed by atoms with E-state index in [9.17, 15) is 0 Å². The van der Waals surface area contributed by atoms with E-state index in [1.165, 1.54) is 25.1 Å². The fourth-order valence-corrected chi connectivity index (χ4v) is 1.98. The Kier molecular flexibility index (Phi) is 2.73. The lowest BCUT2D eigenvalue weighted by Crippen LogP contribution is -2.45. The monoisotopic (exact) mass is 190 g/mol. The van der Waals surface area contributed by atoms with E-state index in [2.05, 4.69) is 24.0 Å². The van der Waals surface area contributed by atoms with E-state index in [0.29, 0.717) is 0 Å². The summed E-state index contributed by atoms with van der Waals surface area (Å²) in [5, 5.41) is 0. The summed E-state index contributed by atoms with van der Waals surface area (Å²) in [6, 6.07) is 8.15. The molecule has 1 aromatic carbocycles. The third kappa shape index (κ3) is 1.90. The summed E-state index contributed by atoms with van der Waals surface area (Å²) < 4.78 is 0. The molecular weight excluding hydrogens is 172 g/mol. The van der Waals surface area contributed by atoms with Crippen LogP contribution in [0.2, 0.25) is 0 Å². The highest BCUT2D eigenvalue weighted by atomic mass is 15.2. The van der Waals surface area contributed by atoms with Gasteiger partial charge in [0.25, 0.3) is 0 Å². The van der Waals surface area contributed by atoms with Gasteiger partial charge in [0, 0.05) is 25.3 Å². The average molecular weight is 190 g/mol. The first-order valence-corrected chi connectivity index (χ1v) is 5.35. The number of nitrogen functional groups attached to an aromatic ring is 1. The molecular formula is C12H18N2. The van der Waals surface area contributed by atoms with E-state index >= 15 is 0 Å². The second-order valence-corrected chi connectivity index (χ2v) is 4.17. The standard InChI is InChI=1S/C12H18N2/c1-2-10-7-14(8-10)9-11-5-3-4-6-12(11)13/h3-6,10H,2,7-9,13H2,1H3. The summed E-state index contributed by atoms with van der Waals surface area (Å²) in [6.45, 7) is 5.76. The van der Waals surface area contributed by atoms with Crippen molar-refractivity contribution in [3.05, 3.63) is 29.8 Å². The molecule has 0 radical (unpaired) electrons. The molecule has 1 saturated heterocycles. The minimum absolute atomic E-state index is 0.917. The number of benzene rings is 1. The van der Waals surface area contributed by atoms with Crippen LogP contribution in [0.15, 0.2) is 24.3 Å². The van der Waals surface area contributed by atoms with Gasteiger partial charge in [-0.15, -0.1) is 0 Å². The summed E-state index contributed by atoms with van der Waals surface area (Å²) in [4.78, 5) is 2.46. The summed E-state index contributed by atoms with van der Waals surface area (Å²) in [6.07, 6.45) is 1.31. The number of para-hydroxylation sites is 1. The van der Waals surface area contributed by atoms with Gasteiger partial charge in [0.05, 0.1) is 0 Å². The molecule has 2 nitrogen and oxygen atoms in total. The van der Waals surface area contributed by atoms with E-state index in [1.54, 1.807) is 0 Å². The Hall–Kier alpha value is -1.02. The Morgan fingerprint density at radius 2 is 2.07 bits per heavy atom. The third-order valence-electron chi connectivity index (χ3n) is 3.06. The Morgan fingerprint density at radius 1 is 1.36 bits per heavy atom. The van der Waals surface area contributed by atoms with Crippen LogP contribution in [0.25, 0.3) is 0 Å². The first kappa shape index (κ1) is 9.53. The number of likely N-dealkylation sites (tertiary alicyclic amines) is 1. The van der Waals surface area contributed by atoms with Crippen LogP contribution >= 0.6 is 0 Å². The number of hydrogen-bond acceptors (Lipinski definition) is 2. The highest BCUT2D eigenvalue weighted by Crippen LogP contribution is 2.22. The predicted molar refractivity (Wildman–Crippen MR) is 59.9 cm³/mol. The van der Waals surface area contributed by atoms with Gasteiger partial charge in [0.2, 0.25) is 0 Å². The van der Waals surface area contributed by atoms with Crippen molar-refractivity contribution in [2.24, 2.45) is 5.92 Å². The minimum atomic E-state index is 0.917. The molecule has 2 N–H and O–H groups in total. The Balaban J connectivity index is 1.90. The Labute approximate surface area is 85.7 Å². The molecule has 1 fully saturated rings. The van der Waals surface area contributed by atoms with E-state index < -0.39 is 0 Å². The molecule has 1 heterocycles. The SMILES string of the molecule is CCC1CN(Cc2ccccc2N)C1. The van der Waals surface area contributed by atoms with Crippen LogP contribution < -0.4 is 5.73 Å². The zero-order valence-corrected chi connectivity index (χ0v) is 8.74. The fourth-order valence-electron chi connectivity index (χ4n) is 1.98. The molecule has 1 aromatic rings. The smallest absolute Gasteiger partial charge is 0.0359 e. The van der Waals surface area contributed by atoms with Gasteiger partial charge in [-0.05, 0) is 17.5 Å². The maximum absolute atomic E-state index is 5.89.